The van der Waals surface area contributed by atoms with E-state index in [4.69, 9.17) is 4.74 Å². The van der Waals surface area contributed by atoms with Crippen LogP contribution in [0.2, 0.25) is 0 Å². The third-order valence-electron chi connectivity index (χ3n) is 3.96. The Kier molecular flexibility index (Phi) is 4.29. The number of nitrogens with one attached hydrogen (secondary N) is 1. The van der Waals surface area contributed by atoms with Crippen LogP contribution in [0.25, 0.3) is 0 Å². The summed E-state index contributed by atoms with van der Waals surface area (Å²) in [7, 11) is -2.13. The summed E-state index contributed by atoms with van der Waals surface area (Å²) in [6.07, 6.45) is 0. The van der Waals surface area contributed by atoms with Gasteiger partial charge in [-0.3, -0.25) is 4.79 Å². The van der Waals surface area contributed by atoms with Gasteiger partial charge in [0.15, 0.2) is 6.61 Å². The zero-order chi connectivity index (χ0) is 17.3. The first kappa shape index (κ1) is 16.5. The molecule has 126 valence electrons. The second kappa shape index (κ2) is 6.26. The van der Waals surface area contributed by atoms with Crippen molar-refractivity contribution >= 4 is 21.6 Å². The topological polar surface area (TPSA) is 75.7 Å². The summed E-state index contributed by atoms with van der Waals surface area (Å²) in [6, 6.07) is 13.4. The Hall–Kier alpha value is -2.38. The summed E-state index contributed by atoms with van der Waals surface area (Å²) in [5, 5.41) is 0. The van der Waals surface area contributed by atoms with Crippen molar-refractivity contribution in [2.75, 3.05) is 18.6 Å². The molecule has 0 aromatic heterocycles. The van der Waals surface area contributed by atoms with Gasteiger partial charge in [0, 0.05) is 13.1 Å². The van der Waals surface area contributed by atoms with Crippen LogP contribution in [-0.2, 0) is 14.8 Å². The second-order valence-corrected chi connectivity index (χ2v) is 7.34. The Morgan fingerprint density at radius 1 is 1.17 bits per heavy atom. The summed E-state index contributed by atoms with van der Waals surface area (Å²) in [5.41, 5.74) is 1.32. The van der Waals surface area contributed by atoms with E-state index in [0.717, 1.165) is 5.56 Å². The SMILES string of the molecule is CC(NS(=O)(=O)c1ccc2c(c1)N(C)C(=O)CO2)c1ccccc1. The number of ether oxygens (including phenoxy) is 1. The van der Waals surface area contributed by atoms with E-state index in [2.05, 4.69) is 4.72 Å². The van der Waals surface area contributed by atoms with Crippen molar-refractivity contribution in [1.82, 2.24) is 4.72 Å². The van der Waals surface area contributed by atoms with Gasteiger partial charge >= 0.3 is 0 Å². The standard InChI is InChI=1S/C17H18N2O4S/c1-12(13-6-4-3-5-7-13)18-24(21,22)14-8-9-16-15(10-14)19(2)17(20)11-23-16/h3-10,12,18H,11H2,1-2H3. The number of carbonyl (C=O) groups is 1. The molecule has 0 saturated carbocycles. The molecular formula is C17H18N2O4S. The van der Waals surface area contributed by atoms with Crippen LogP contribution in [0.3, 0.4) is 0 Å². The Labute approximate surface area is 141 Å². The molecule has 1 N–H and O–H groups in total. The second-order valence-electron chi connectivity index (χ2n) is 5.62. The molecule has 0 spiro atoms. The van der Waals surface area contributed by atoms with Crippen molar-refractivity contribution in [3.05, 3.63) is 54.1 Å². The van der Waals surface area contributed by atoms with Gasteiger partial charge in [-0.2, -0.15) is 0 Å². The summed E-state index contributed by atoms with van der Waals surface area (Å²) >= 11 is 0. The lowest BCUT2D eigenvalue weighted by molar-refractivity contribution is -0.120. The molecule has 24 heavy (non-hydrogen) atoms. The molecule has 0 radical (unpaired) electrons. The normalized spacial score (nSPS) is 15.6. The number of hydrogen-bond donors (Lipinski definition) is 1. The molecule has 0 bridgehead atoms. The molecule has 6 nitrogen and oxygen atoms in total. The number of rotatable bonds is 4. The van der Waals surface area contributed by atoms with Gasteiger partial charge in [0.2, 0.25) is 10.0 Å². The lowest BCUT2D eigenvalue weighted by atomic mass is 10.1. The minimum Gasteiger partial charge on any atom is -0.482 e. The predicted molar refractivity (Wildman–Crippen MR) is 90.5 cm³/mol. The number of sulfonamides is 1. The third-order valence-corrected chi connectivity index (χ3v) is 5.50. The van der Waals surface area contributed by atoms with Crippen molar-refractivity contribution in [1.29, 1.82) is 0 Å². The lowest BCUT2D eigenvalue weighted by Gasteiger charge is -2.26. The fourth-order valence-electron chi connectivity index (χ4n) is 2.53. The van der Waals surface area contributed by atoms with E-state index in [0.29, 0.717) is 11.4 Å². The Bertz CT molecular complexity index is 865. The van der Waals surface area contributed by atoms with E-state index >= 15 is 0 Å². The zero-order valence-electron chi connectivity index (χ0n) is 13.4. The molecule has 1 unspecified atom stereocenters. The van der Waals surface area contributed by atoms with Crippen LogP contribution < -0.4 is 14.4 Å². The van der Waals surface area contributed by atoms with Crippen LogP contribution in [0.4, 0.5) is 5.69 Å². The lowest BCUT2D eigenvalue weighted by Crippen LogP contribution is -2.35. The predicted octanol–water partition coefficient (Wildman–Crippen LogP) is 2.08. The molecule has 7 heteroatoms. The third kappa shape index (κ3) is 3.13. The first-order chi connectivity index (χ1) is 11.4. The summed E-state index contributed by atoms with van der Waals surface area (Å²) < 4.78 is 33.2. The summed E-state index contributed by atoms with van der Waals surface area (Å²) in [5.74, 6) is 0.273. The van der Waals surface area contributed by atoms with Gasteiger partial charge < -0.3 is 9.64 Å². The number of benzene rings is 2. The average molecular weight is 346 g/mol. The highest BCUT2D eigenvalue weighted by Crippen LogP contribution is 2.33. The minimum absolute atomic E-state index is 0.0428. The molecule has 2 aromatic rings. The number of likely N-dealkylation sites (N-methyl/N-ethyl adjacent to an activating group) is 1. The van der Waals surface area contributed by atoms with Crippen LogP contribution in [0.15, 0.2) is 53.4 Å². The van der Waals surface area contributed by atoms with Gasteiger partial charge in [0.05, 0.1) is 10.6 Å². The van der Waals surface area contributed by atoms with Crippen LogP contribution in [0.1, 0.15) is 18.5 Å². The van der Waals surface area contributed by atoms with Gasteiger partial charge in [-0.1, -0.05) is 30.3 Å². The molecule has 1 amide bonds. The van der Waals surface area contributed by atoms with E-state index < -0.39 is 10.0 Å². The zero-order valence-corrected chi connectivity index (χ0v) is 14.2. The molecular weight excluding hydrogens is 328 g/mol. The maximum Gasteiger partial charge on any atom is 0.264 e. The highest BCUT2D eigenvalue weighted by molar-refractivity contribution is 7.89. The quantitative estimate of drug-likeness (QED) is 0.920. The molecule has 1 heterocycles. The Balaban J connectivity index is 1.89. The highest BCUT2D eigenvalue weighted by atomic mass is 32.2. The van der Waals surface area contributed by atoms with E-state index in [1.54, 1.807) is 20.0 Å². The maximum absolute atomic E-state index is 12.6. The maximum atomic E-state index is 12.6. The van der Waals surface area contributed by atoms with E-state index in [1.807, 2.05) is 30.3 Å². The molecule has 1 aliphatic rings. The molecule has 3 rings (SSSR count). The van der Waals surface area contributed by atoms with Gasteiger partial charge in [-0.05, 0) is 30.7 Å². The van der Waals surface area contributed by atoms with Gasteiger partial charge in [-0.15, -0.1) is 0 Å². The number of hydrogen-bond acceptors (Lipinski definition) is 4. The fourth-order valence-corrected chi connectivity index (χ4v) is 3.78. The smallest absolute Gasteiger partial charge is 0.264 e. The summed E-state index contributed by atoms with van der Waals surface area (Å²) in [4.78, 5) is 13.2. The molecule has 1 atom stereocenters. The van der Waals surface area contributed by atoms with Crippen LogP contribution >= 0.6 is 0 Å². The van der Waals surface area contributed by atoms with Crippen molar-refractivity contribution in [2.45, 2.75) is 17.9 Å². The minimum atomic E-state index is -3.73. The monoisotopic (exact) mass is 346 g/mol. The number of carbonyl (C=O) groups excluding carboxylic acids is 1. The first-order valence-electron chi connectivity index (χ1n) is 7.49. The molecule has 0 fully saturated rings. The van der Waals surface area contributed by atoms with E-state index in [9.17, 15) is 13.2 Å². The molecule has 1 aliphatic heterocycles. The molecule has 0 saturated heterocycles. The van der Waals surface area contributed by atoms with Gasteiger partial charge in [-0.25, -0.2) is 13.1 Å². The number of anilines is 1. The van der Waals surface area contributed by atoms with Crippen molar-refractivity contribution in [3.8, 4) is 5.75 Å². The van der Waals surface area contributed by atoms with Crippen molar-refractivity contribution in [2.24, 2.45) is 0 Å². The van der Waals surface area contributed by atoms with Crippen molar-refractivity contribution < 1.29 is 17.9 Å². The van der Waals surface area contributed by atoms with Gasteiger partial charge in [0.25, 0.3) is 5.91 Å². The first-order valence-corrected chi connectivity index (χ1v) is 8.97. The number of amides is 1. The molecule has 2 aromatic carbocycles. The number of nitrogens with zero attached hydrogens (tertiary/aromatic N) is 1. The summed E-state index contributed by atoms with van der Waals surface area (Å²) in [6.45, 7) is 1.74. The fraction of sp³-hybridized carbons (Fsp3) is 0.235. The Morgan fingerprint density at radius 3 is 2.58 bits per heavy atom. The number of fused-ring (bicyclic) bond motifs is 1. The highest BCUT2D eigenvalue weighted by Gasteiger charge is 2.26. The van der Waals surface area contributed by atoms with E-state index in [-0.39, 0.29) is 23.5 Å². The van der Waals surface area contributed by atoms with Crippen LogP contribution in [0, 0.1) is 0 Å². The largest absolute Gasteiger partial charge is 0.482 e. The average Bonchev–Trinajstić information content (AvgIpc) is 2.58. The Morgan fingerprint density at radius 2 is 1.88 bits per heavy atom. The molecule has 0 aliphatic carbocycles. The van der Waals surface area contributed by atoms with Crippen molar-refractivity contribution in [3.63, 3.8) is 0 Å². The van der Waals surface area contributed by atoms with Gasteiger partial charge in [0.1, 0.15) is 5.75 Å². The van der Waals surface area contributed by atoms with Crippen LogP contribution in [0.5, 0.6) is 5.75 Å². The van der Waals surface area contributed by atoms with Crippen LogP contribution in [-0.4, -0.2) is 28.0 Å². The van der Waals surface area contributed by atoms with E-state index in [1.165, 1.54) is 17.0 Å².